The molecule has 0 unspecified atom stereocenters. The summed E-state index contributed by atoms with van der Waals surface area (Å²) in [5.41, 5.74) is 2.82. The normalized spacial score (nSPS) is 15.2. The number of likely N-dealkylation sites (tertiary alicyclic amines) is 1. The predicted molar refractivity (Wildman–Crippen MR) is 114 cm³/mol. The van der Waals surface area contributed by atoms with Gasteiger partial charge in [-0.05, 0) is 25.5 Å². The van der Waals surface area contributed by atoms with E-state index < -0.39 is 6.09 Å². The van der Waals surface area contributed by atoms with E-state index in [1.54, 1.807) is 0 Å². The molecule has 1 aromatic carbocycles. The topological polar surface area (TPSA) is 89.7 Å². The van der Waals surface area contributed by atoms with Gasteiger partial charge >= 0.3 is 6.09 Å². The summed E-state index contributed by atoms with van der Waals surface area (Å²) in [5.74, 6) is 1.69. The fourth-order valence-electron chi connectivity index (χ4n) is 4.04. The molecule has 1 fully saturated rings. The van der Waals surface area contributed by atoms with Crippen molar-refractivity contribution in [3.63, 3.8) is 0 Å². The molecule has 30 heavy (non-hydrogen) atoms. The molecule has 160 valence electrons. The number of rotatable bonds is 7. The number of aryl methyl sites for hydroxylation is 1. The van der Waals surface area contributed by atoms with Crippen LogP contribution in [0.2, 0.25) is 0 Å². The summed E-state index contributed by atoms with van der Waals surface area (Å²) in [6, 6.07) is 5.98. The summed E-state index contributed by atoms with van der Waals surface area (Å²) in [7, 11) is 0. The first-order valence-electron chi connectivity index (χ1n) is 10.6. The van der Waals surface area contributed by atoms with Crippen molar-refractivity contribution in [2.75, 3.05) is 19.7 Å². The average Bonchev–Trinajstić information content (AvgIpc) is 3.10. The Kier molecular flexibility index (Phi) is 6.03. The number of hydrogen-bond acceptors (Lipinski definition) is 5. The minimum atomic E-state index is -0.861. The molecule has 8 nitrogen and oxygen atoms in total. The first kappa shape index (κ1) is 20.4. The maximum Gasteiger partial charge on any atom is 0.407 e. The molecule has 0 spiro atoms. The molecule has 0 atom stereocenters. The summed E-state index contributed by atoms with van der Waals surface area (Å²) in [5, 5.41) is 10.1. The van der Waals surface area contributed by atoms with Crippen LogP contribution in [-0.2, 0) is 17.9 Å². The molecule has 3 heterocycles. The lowest BCUT2D eigenvalue weighted by Gasteiger charge is -2.30. The second-order valence-corrected chi connectivity index (χ2v) is 7.57. The van der Waals surface area contributed by atoms with Crippen molar-refractivity contribution >= 4 is 28.0 Å². The SMILES string of the molecule is CCCn1c(COCC)nc2cnc3cc(OC4CCN(C(=O)O)CC4)ccc3c21. The number of hydrogen-bond donors (Lipinski definition) is 1. The molecule has 1 saturated heterocycles. The molecule has 4 rings (SSSR count). The highest BCUT2D eigenvalue weighted by Crippen LogP contribution is 2.29. The van der Waals surface area contributed by atoms with E-state index in [2.05, 4.69) is 16.5 Å². The Hall–Kier alpha value is -2.87. The van der Waals surface area contributed by atoms with Crippen LogP contribution in [-0.4, -0.2) is 56.4 Å². The Balaban J connectivity index is 1.61. The lowest BCUT2D eigenvalue weighted by Crippen LogP contribution is -2.41. The van der Waals surface area contributed by atoms with Gasteiger partial charge in [-0.2, -0.15) is 0 Å². The lowest BCUT2D eigenvalue weighted by molar-refractivity contribution is 0.0895. The second kappa shape index (κ2) is 8.87. The maximum absolute atomic E-state index is 11.1. The third-order valence-corrected chi connectivity index (χ3v) is 5.52. The number of carboxylic acid groups (broad SMARTS) is 1. The molecule has 0 aliphatic carbocycles. The first-order valence-corrected chi connectivity index (χ1v) is 10.6. The molecule has 1 aliphatic rings. The van der Waals surface area contributed by atoms with Crippen molar-refractivity contribution in [3.8, 4) is 5.75 Å². The number of piperidine rings is 1. The Labute approximate surface area is 175 Å². The van der Waals surface area contributed by atoms with Gasteiger partial charge in [0.15, 0.2) is 0 Å². The van der Waals surface area contributed by atoms with E-state index in [1.807, 2.05) is 31.3 Å². The van der Waals surface area contributed by atoms with Gasteiger partial charge in [0.1, 0.15) is 29.8 Å². The fraction of sp³-hybridized carbons (Fsp3) is 0.500. The van der Waals surface area contributed by atoms with Gasteiger partial charge in [0.25, 0.3) is 0 Å². The van der Waals surface area contributed by atoms with Crippen LogP contribution in [0.4, 0.5) is 4.79 Å². The minimum Gasteiger partial charge on any atom is -0.490 e. The summed E-state index contributed by atoms with van der Waals surface area (Å²) in [6.07, 6.45) is 3.37. The number of aromatic nitrogens is 3. The van der Waals surface area contributed by atoms with E-state index in [1.165, 1.54) is 4.90 Å². The largest absolute Gasteiger partial charge is 0.490 e. The summed E-state index contributed by atoms with van der Waals surface area (Å²) >= 11 is 0. The Morgan fingerprint density at radius 2 is 2.03 bits per heavy atom. The van der Waals surface area contributed by atoms with Crippen molar-refractivity contribution in [1.82, 2.24) is 19.4 Å². The number of carbonyl (C=O) groups is 1. The molecule has 0 bridgehead atoms. The number of ether oxygens (including phenoxy) is 2. The highest BCUT2D eigenvalue weighted by Gasteiger charge is 2.23. The summed E-state index contributed by atoms with van der Waals surface area (Å²) < 4.78 is 14.0. The van der Waals surface area contributed by atoms with E-state index >= 15 is 0 Å². The van der Waals surface area contributed by atoms with Crippen LogP contribution >= 0.6 is 0 Å². The zero-order chi connectivity index (χ0) is 21.1. The van der Waals surface area contributed by atoms with Crippen LogP contribution < -0.4 is 4.74 Å². The van der Waals surface area contributed by atoms with Crippen LogP contribution in [0.25, 0.3) is 21.9 Å². The van der Waals surface area contributed by atoms with Crippen LogP contribution in [0.1, 0.15) is 38.9 Å². The Bertz CT molecular complexity index is 1040. The standard InChI is InChI=1S/C22H28N4O4/c1-3-9-26-20(14-29-4-2)24-19-13-23-18-12-16(5-6-17(18)21(19)26)30-15-7-10-25(11-8-15)22(27)28/h5-6,12-13,15H,3-4,7-11,14H2,1-2H3,(H,27,28). The quantitative estimate of drug-likeness (QED) is 0.630. The molecule has 1 aliphatic heterocycles. The van der Waals surface area contributed by atoms with Gasteiger partial charge in [-0.25, -0.2) is 9.78 Å². The zero-order valence-electron chi connectivity index (χ0n) is 17.5. The average molecular weight is 412 g/mol. The van der Waals surface area contributed by atoms with Gasteiger partial charge in [0.2, 0.25) is 0 Å². The fourth-order valence-corrected chi connectivity index (χ4v) is 4.04. The molecule has 1 N–H and O–H groups in total. The van der Waals surface area contributed by atoms with E-state index in [0.717, 1.165) is 46.5 Å². The molecule has 0 saturated carbocycles. The van der Waals surface area contributed by atoms with Crippen molar-refractivity contribution in [2.24, 2.45) is 0 Å². The van der Waals surface area contributed by atoms with Crippen molar-refractivity contribution in [1.29, 1.82) is 0 Å². The number of benzene rings is 1. The number of fused-ring (bicyclic) bond motifs is 3. The van der Waals surface area contributed by atoms with Gasteiger partial charge < -0.3 is 24.0 Å². The highest BCUT2D eigenvalue weighted by atomic mass is 16.5. The zero-order valence-corrected chi connectivity index (χ0v) is 17.5. The molecular weight excluding hydrogens is 384 g/mol. The lowest BCUT2D eigenvalue weighted by atomic mass is 10.1. The van der Waals surface area contributed by atoms with Crippen molar-refractivity contribution in [2.45, 2.75) is 52.4 Å². The van der Waals surface area contributed by atoms with Crippen LogP contribution in [0.3, 0.4) is 0 Å². The number of imidazole rings is 1. The Morgan fingerprint density at radius 1 is 1.23 bits per heavy atom. The van der Waals surface area contributed by atoms with Crippen LogP contribution in [0.5, 0.6) is 5.75 Å². The van der Waals surface area contributed by atoms with E-state index in [9.17, 15) is 4.79 Å². The third kappa shape index (κ3) is 4.05. The summed E-state index contributed by atoms with van der Waals surface area (Å²) in [6.45, 7) is 7.16. The number of pyridine rings is 1. The second-order valence-electron chi connectivity index (χ2n) is 7.57. The summed E-state index contributed by atoms with van der Waals surface area (Å²) in [4.78, 5) is 21.9. The van der Waals surface area contributed by atoms with Crippen molar-refractivity contribution < 1.29 is 19.4 Å². The van der Waals surface area contributed by atoms with Gasteiger partial charge in [-0.15, -0.1) is 0 Å². The monoisotopic (exact) mass is 412 g/mol. The third-order valence-electron chi connectivity index (χ3n) is 5.52. The van der Waals surface area contributed by atoms with Crippen molar-refractivity contribution in [3.05, 3.63) is 30.2 Å². The highest BCUT2D eigenvalue weighted by molar-refractivity contribution is 6.02. The van der Waals surface area contributed by atoms with Gasteiger partial charge in [-0.3, -0.25) is 4.98 Å². The molecule has 0 radical (unpaired) electrons. The van der Waals surface area contributed by atoms with Gasteiger partial charge in [0, 0.05) is 50.5 Å². The van der Waals surface area contributed by atoms with Crippen LogP contribution in [0, 0.1) is 0 Å². The van der Waals surface area contributed by atoms with Gasteiger partial charge in [0.05, 0.1) is 17.2 Å². The van der Waals surface area contributed by atoms with Gasteiger partial charge in [-0.1, -0.05) is 6.92 Å². The van der Waals surface area contributed by atoms with E-state index in [-0.39, 0.29) is 6.10 Å². The molecule has 8 heteroatoms. The molecule has 3 aromatic rings. The molecule has 1 amide bonds. The number of nitrogens with zero attached hydrogens (tertiary/aromatic N) is 4. The van der Waals surface area contributed by atoms with E-state index in [0.29, 0.717) is 39.1 Å². The minimum absolute atomic E-state index is 0.0187. The molecular formula is C22H28N4O4. The van der Waals surface area contributed by atoms with Crippen LogP contribution in [0.15, 0.2) is 24.4 Å². The maximum atomic E-state index is 11.1. The smallest absolute Gasteiger partial charge is 0.407 e. The predicted octanol–water partition coefficient (Wildman–Crippen LogP) is 4.05. The van der Waals surface area contributed by atoms with E-state index in [4.69, 9.17) is 19.6 Å². The first-order chi connectivity index (χ1) is 14.6. The number of amides is 1. The Morgan fingerprint density at radius 3 is 2.73 bits per heavy atom. The molecule has 2 aromatic heterocycles.